The Bertz CT molecular complexity index is 49.0. The van der Waals surface area contributed by atoms with Crippen LogP contribution in [0.2, 0.25) is 0 Å². The number of hydrogen-bond donors (Lipinski definition) is 0. The molecule has 0 aromatic rings. The maximum Gasteiger partial charge on any atom is 1.00 e. The molecule has 0 aliphatic carbocycles. The Morgan fingerprint density at radius 2 is 2.29 bits per heavy atom. The van der Waals surface area contributed by atoms with Gasteiger partial charge in [0.05, 0.1) is 0 Å². The van der Waals surface area contributed by atoms with Crippen LogP contribution in [0.4, 0.5) is 0 Å². The summed E-state index contributed by atoms with van der Waals surface area (Å²) in [4.78, 5) is 9.55. The van der Waals surface area contributed by atoms with E-state index in [0.29, 0.717) is 12.7 Å². The summed E-state index contributed by atoms with van der Waals surface area (Å²) >= 11 is 0. The fourth-order valence-corrected chi connectivity index (χ4v) is 0.0962. The summed E-state index contributed by atoms with van der Waals surface area (Å²) in [6, 6.07) is -0.495. The summed E-state index contributed by atoms with van der Waals surface area (Å²) in [6.45, 7) is 1.81. The van der Waals surface area contributed by atoms with Crippen LogP contribution < -0.4 is 51.4 Å². The molecule has 0 spiro atoms. The molecule has 1 atom stereocenters. The molecule has 1 unspecified atom stereocenters. The van der Waals surface area contributed by atoms with Crippen molar-refractivity contribution in [3.63, 3.8) is 0 Å². The van der Waals surface area contributed by atoms with Crippen LogP contribution in [0.5, 0.6) is 0 Å². The van der Waals surface area contributed by atoms with Crippen molar-refractivity contribution in [1.29, 1.82) is 0 Å². The molecule has 0 amide bonds. The molecule has 0 aromatic carbocycles. The maximum absolute atomic E-state index is 9.55. The third-order valence-corrected chi connectivity index (χ3v) is 0.604. The van der Waals surface area contributed by atoms with Crippen molar-refractivity contribution < 1.29 is 56.2 Å². The van der Waals surface area contributed by atoms with Crippen molar-refractivity contribution >= 4 is 6.29 Å². The molecule has 0 rings (SSSR count). The Kier molecular flexibility index (Phi) is 11.5. The van der Waals surface area contributed by atoms with E-state index in [1.165, 1.54) is 0 Å². The van der Waals surface area contributed by atoms with Gasteiger partial charge in [0.2, 0.25) is 0 Å². The van der Waals surface area contributed by atoms with E-state index in [2.05, 4.69) is 0 Å². The molecular weight excluding hydrogens is 117 g/mol. The number of rotatable bonds is 2. The van der Waals surface area contributed by atoms with Crippen LogP contribution in [0.3, 0.4) is 0 Å². The molecule has 0 fully saturated rings. The van der Waals surface area contributed by atoms with Crippen molar-refractivity contribution in [3.05, 3.63) is 5.73 Å². The molecular formula is C4H8KNO. The summed E-state index contributed by atoms with van der Waals surface area (Å²) in [5.41, 5.74) is 6.70. The second kappa shape index (κ2) is 7.27. The van der Waals surface area contributed by atoms with Gasteiger partial charge in [-0.25, -0.2) is 0 Å². The van der Waals surface area contributed by atoms with Gasteiger partial charge in [0.1, 0.15) is 6.29 Å². The Morgan fingerprint density at radius 3 is 2.29 bits per heavy atom. The minimum atomic E-state index is -0.495. The van der Waals surface area contributed by atoms with Crippen LogP contribution >= 0.6 is 0 Å². The molecule has 0 radical (unpaired) electrons. The number of aldehydes is 1. The Labute approximate surface area is 86.3 Å². The van der Waals surface area contributed by atoms with E-state index in [9.17, 15) is 4.79 Å². The zero-order chi connectivity index (χ0) is 4.99. The van der Waals surface area contributed by atoms with E-state index in [1.807, 2.05) is 6.92 Å². The molecule has 0 aliphatic heterocycles. The molecule has 0 saturated heterocycles. The van der Waals surface area contributed by atoms with Gasteiger partial charge in [-0.1, -0.05) is 19.4 Å². The minimum absolute atomic E-state index is 0. The molecule has 0 saturated carbocycles. The van der Waals surface area contributed by atoms with Gasteiger partial charge in [-0.3, -0.25) is 0 Å². The Morgan fingerprint density at radius 1 is 1.86 bits per heavy atom. The molecule has 0 aromatic heterocycles. The molecule has 1 N–H and O–H groups in total. The normalized spacial score (nSPS) is 11.7. The predicted molar refractivity (Wildman–Crippen MR) is 24.5 cm³/mol. The number of nitrogens with one attached hydrogen (secondary N) is 1. The molecule has 7 heavy (non-hydrogen) atoms. The van der Waals surface area contributed by atoms with Crippen LogP contribution in [0.15, 0.2) is 0 Å². The van der Waals surface area contributed by atoms with Gasteiger partial charge in [0.25, 0.3) is 0 Å². The molecule has 0 heterocycles. The third-order valence-electron chi connectivity index (χ3n) is 0.604. The molecule has 2 nitrogen and oxygen atoms in total. The summed E-state index contributed by atoms with van der Waals surface area (Å²) in [5.74, 6) is 0. The van der Waals surface area contributed by atoms with E-state index in [0.717, 1.165) is 0 Å². The van der Waals surface area contributed by atoms with Crippen molar-refractivity contribution in [2.75, 3.05) is 0 Å². The zero-order valence-electron chi connectivity index (χ0n) is 4.77. The second-order valence-corrected chi connectivity index (χ2v) is 1.15. The van der Waals surface area contributed by atoms with E-state index < -0.39 is 6.04 Å². The van der Waals surface area contributed by atoms with Crippen molar-refractivity contribution in [3.8, 4) is 0 Å². The molecule has 0 bridgehead atoms. The predicted octanol–water partition coefficient (Wildman–Crippen LogP) is -1.98. The third kappa shape index (κ3) is 7.27. The van der Waals surface area contributed by atoms with E-state index >= 15 is 0 Å². The fourth-order valence-electron chi connectivity index (χ4n) is 0.0962. The maximum atomic E-state index is 9.55. The molecule has 36 valence electrons. The van der Waals surface area contributed by atoms with Gasteiger partial charge in [-0.2, -0.15) is 0 Å². The van der Waals surface area contributed by atoms with Gasteiger partial charge in [0.15, 0.2) is 0 Å². The first kappa shape index (κ1) is 11.1. The van der Waals surface area contributed by atoms with Crippen molar-refractivity contribution in [2.24, 2.45) is 0 Å². The van der Waals surface area contributed by atoms with Crippen molar-refractivity contribution in [2.45, 2.75) is 19.4 Å². The van der Waals surface area contributed by atoms with E-state index in [-0.39, 0.29) is 51.4 Å². The van der Waals surface area contributed by atoms with Gasteiger partial charge in [-0.05, 0) is 0 Å². The van der Waals surface area contributed by atoms with Crippen LogP contribution in [0.25, 0.3) is 5.73 Å². The fraction of sp³-hybridized carbons (Fsp3) is 0.750. The van der Waals surface area contributed by atoms with E-state index in [4.69, 9.17) is 5.73 Å². The zero-order valence-corrected chi connectivity index (χ0v) is 7.89. The topological polar surface area (TPSA) is 40.9 Å². The first-order valence-electron chi connectivity index (χ1n) is 1.97. The smallest absolute Gasteiger partial charge is 0.669 e. The standard InChI is InChI=1S/C4H8NO.K/c1-2-4(5)3-6;/h3-5H,2H2,1H3;/q-1;+1. The molecule has 3 heteroatoms. The summed E-state index contributed by atoms with van der Waals surface area (Å²) in [5, 5.41) is 0. The summed E-state index contributed by atoms with van der Waals surface area (Å²) in [7, 11) is 0. The number of carbonyl (C=O) groups excluding carboxylic acids is 1. The van der Waals surface area contributed by atoms with Gasteiger partial charge in [-0.15, -0.1) is 0 Å². The van der Waals surface area contributed by atoms with Gasteiger partial charge >= 0.3 is 51.4 Å². The number of hydrogen-bond acceptors (Lipinski definition) is 1. The average molecular weight is 125 g/mol. The average Bonchev–Trinajstić information content (AvgIpc) is 1.65. The largest absolute Gasteiger partial charge is 1.00 e. The van der Waals surface area contributed by atoms with E-state index in [1.54, 1.807) is 0 Å². The Hall–Kier alpha value is 1.27. The molecule has 0 aliphatic rings. The van der Waals surface area contributed by atoms with Crippen LogP contribution in [0.1, 0.15) is 13.3 Å². The van der Waals surface area contributed by atoms with Crippen LogP contribution in [-0.4, -0.2) is 12.3 Å². The van der Waals surface area contributed by atoms with Gasteiger partial charge in [0, 0.05) is 0 Å². The quantitative estimate of drug-likeness (QED) is 0.311. The number of carbonyl (C=O) groups is 1. The van der Waals surface area contributed by atoms with Crippen LogP contribution in [-0.2, 0) is 4.79 Å². The summed E-state index contributed by atoms with van der Waals surface area (Å²) < 4.78 is 0. The van der Waals surface area contributed by atoms with Gasteiger partial charge < -0.3 is 10.5 Å². The SMILES string of the molecule is CCC([NH-])C=O.[K+]. The Balaban J connectivity index is 0. The first-order chi connectivity index (χ1) is 2.81. The minimum Gasteiger partial charge on any atom is -0.669 e. The first-order valence-corrected chi connectivity index (χ1v) is 1.97. The summed E-state index contributed by atoms with van der Waals surface area (Å²) in [6.07, 6.45) is 1.27. The second-order valence-electron chi connectivity index (χ2n) is 1.15. The van der Waals surface area contributed by atoms with Crippen molar-refractivity contribution in [1.82, 2.24) is 0 Å². The van der Waals surface area contributed by atoms with Crippen LogP contribution in [0, 0.1) is 0 Å². The monoisotopic (exact) mass is 125 g/mol.